The molecular formula is C28H34N2O2. The molecule has 168 valence electrons. The Balaban J connectivity index is 1.66. The van der Waals surface area contributed by atoms with Gasteiger partial charge in [-0.15, -0.1) is 0 Å². The largest absolute Gasteiger partial charge is 0.453 e. The number of hydrogen-bond donors (Lipinski definition) is 1. The van der Waals surface area contributed by atoms with Gasteiger partial charge in [0.25, 0.3) is 0 Å². The monoisotopic (exact) mass is 430 g/mol. The van der Waals surface area contributed by atoms with Crippen LogP contribution >= 0.6 is 0 Å². The maximum absolute atomic E-state index is 6.33. The minimum Gasteiger partial charge on any atom is -0.453 e. The summed E-state index contributed by atoms with van der Waals surface area (Å²) in [5.74, 6) is 3.77. The van der Waals surface area contributed by atoms with Crippen molar-refractivity contribution in [3.05, 3.63) is 84.4 Å². The van der Waals surface area contributed by atoms with E-state index in [4.69, 9.17) is 9.47 Å². The van der Waals surface area contributed by atoms with Gasteiger partial charge in [0.2, 0.25) is 0 Å². The van der Waals surface area contributed by atoms with Gasteiger partial charge < -0.3 is 14.8 Å². The fraction of sp³-hybridized carbons (Fsp3) is 0.357. The Morgan fingerprint density at radius 2 is 1.34 bits per heavy atom. The van der Waals surface area contributed by atoms with Gasteiger partial charge in [0.15, 0.2) is 11.5 Å². The standard InChI is InChI=1S/C28H34N2O2/c1-22(2)13-15-26(30-19-17-29-18-20-30)23-14-16-27(31-24-9-5-3-6-10-24)28(21-23)32-25-11-7-4-8-12-25/h3-12,14,16,21-22,26,29H,13,15,17-20H2,1-2H3/t26-/m0/s1. The Morgan fingerprint density at radius 3 is 1.94 bits per heavy atom. The van der Waals surface area contributed by atoms with Crippen LogP contribution < -0.4 is 14.8 Å². The number of nitrogens with one attached hydrogen (secondary N) is 1. The van der Waals surface area contributed by atoms with Gasteiger partial charge in [-0.25, -0.2) is 0 Å². The zero-order valence-electron chi connectivity index (χ0n) is 19.2. The summed E-state index contributed by atoms with van der Waals surface area (Å²) in [5.41, 5.74) is 1.29. The van der Waals surface area contributed by atoms with Crippen molar-refractivity contribution in [3.8, 4) is 23.0 Å². The molecular weight excluding hydrogens is 396 g/mol. The van der Waals surface area contributed by atoms with E-state index in [1.54, 1.807) is 0 Å². The molecule has 0 spiro atoms. The van der Waals surface area contributed by atoms with Crippen LogP contribution in [-0.2, 0) is 0 Å². The highest BCUT2D eigenvalue weighted by molar-refractivity contribution is 5.48. The normalized spacial score (nSPS) is 15.5. The summed E-state index contributed by atoms with van der Waals surface area (Å²) in [5, 5.41) is 3.48. The predicted octanol–water partition coefficient (Wildman–Crippen LogP) is 6.65. The molecule has 0 bridgehead atoms. The molecule has 3 aromatic rings. The SMILES string of the molecule is CC(C)CC[C@@H](c1ccc(Oc2ccccc2)c(Oc2ccccc2)c1)N1CCNCC1. The Kier molecular flexibility index (Phi) is 7.81. The van der Waals surface area contributed by atoms with Crippen molar-refractivity contribution in [1.82, 2.24) is 10.2 Å². The summed E-state index contributed by atoms with van der Waals surface area (Å²) in [7, 11) is 0. The van der Waals surface area contributed by atoms with E-state index in [0.717, 1.165) is 55.6 Å². The number of ether oxygens (including phenoxy) is 2. The highest BCUT2D eigenvalue weighted by atomic mass is 16.5. The molecule has 3 aromatic carbocycles. The zero-order chi connectivity index (χ0) is 22.2. The molecule has 4 rings (SSSR count). The van der Waals surface area contributed by atoms with Crippen molar-refractivity contribution in [2.75, 3.05) is 26.2 Å². The van der Waals surface area contributed by atoms with Crippen LogP contribution in [0.4, 0.5) is 0 Å². The molecule has 0 saturated carbocycles. The zero-order valence-corrected chi connectivity index (χ0v) is 19.2. The van der Waals surface area contributed by atoms with Gasteiger partial charge in [0.1, 0.15) is 11.5 Å². The highest BCUT2D eigenvalue weighted by Gasteiger charge is 2.24. The molecule has 32 heavy (non-hydrogen) atoms. The lowest BCUT2D eigenvalue weighted by Crippen LogP contribution is -2.45. The van der Waals surface area contributed by atoms with Gasteiger partial charge in [0.05, 0.1) is 0 Å². The van der Waals surface area contributed by atoms with Gasteiger partial charge in [0, 0.05) is 32.2 Å². The van der Waals surface area contributed by atoms with Crippen molar-refractivity contribution in [1.29, 1.82) is 0 Å². The van der Waals surface area contributed by atoms with E-state index in [1.807, 2.05) is 60.7 Å². The van der Waals surface area contributed by atoms with E-state index in [-0.39, 0.29) is 0 Å². The quantitative estimate of drug-likeness (QED) is 0.412. The van der Waals surface area contributed by atoms with Crippen LogP contribution in [0.3, 0.4) is 0 Å². The summed E-state index contributed by atoms with van der Waals surface area (Å²) in [6.45, 7) is 8.83. The Hall–Kier alpha value is -2.82. The number of rotatable bonds is 9. The molecule has 1 saturated heterocycles. The molecule has 1 atom stereocenters. The van der Waals surface area contributed by atoms with Gasteiger partial charge in [-0.1, -0.05) is 56.3 Å². The molecule has 0 aromatic heterocycles. The number of para-hydroxylation sites is 2. The van der Waals surface area contributed by atoms with Crippen molar-refractivity contribution >= 4 is 0 Å². The highest BCUT2D eigenvalue weighted by Crippen LogP contribution is 2.39. The van der Waals surface area contributed by atoms with Crippen LogP contribution in [0.1, 0.15) is 38.3 Å². The van der Waals surface area contributed by atoms with Crippen LogP contribution in [0, 0.1) is 5.92 Å². The first-order valence-corrected chi connectivity index (χ1v) is 11.7. The summed E-state index contributed by atoms with van der Waals surface area (Å²) >= 11 is 0. The van der Waals surface area contributed by atoms with E-state index in [0.29, 0.717) is 12.0 Å². The van der Waals surface area contributed by atoms with Gasteiger partial charge in [-0.05, 0) is 60.7 Å². The molecule has 1 N–H and O–H groups in total. The predicted molar refractivity (Wildman–Crippen MR) is 131 cm³/mol. The molecule has 0 unspecified atom stereocenters. The van der Waals surface area contributed by atoms with E-state index in [2.05, 4.69) is 42.3 Å². The van der Waals surface area contributed by atoms with Crippen molar-refractivity contribution < 1.29 is 9.47 Å². The summed E-state index contributed by atoms with van der Waals surface area (Å²) in [6.07, 6.45) is 2.34. The molecule has 0 radical (unpaired) electrons. The first kappa shape index (κ1) is 22.4. The van der Waals surface area contributed by atoms with Crippen molar-refractivity contribution in [2.24, 2.45) is 5.92 Å². The smallest absolute Gasteiger partial charge is 0.170 e. The van der Waals surface area contributed by atoms with E-state index < -0.39 is 0 Å². The van der Waals surface area contributed by atoms with Crippen LogP contribution in [0.2, 0.25) is 0 Å². The van der Waals surface area contributed by atoms with Crippen molar-refractivity contribution in [3.63, 3.8) is 0 Å². The van der Waals surface area contributed by atoms with Crippen LogP contribution in [0.5, 0.6) is 23.0 Å². The lowest BCUT2D eigenvalue weighted by molar-refractivity contribution is 0.159. The third-order valence-electron chi connectivity index (χ3n) is 5.90. The molecule has 1 aliphatic rings. The van der Waals surface area contributed by atoms with Gasteiger partial charge >= 0.3 is 0 Å². The lowest BCUT2D eigenvalue weighted by atomic mass is 9.95. The van der Waals surface area contributed by atoms with Crippen LogP contribution in [-0.4, -0.2) is 31.1 Å². The van der Waals surface area contributed by atoms with Gasteiger partial charge in [-0.2, -0.15) is 0 Å². The lowest BCUT2D eigenvalue weighted by Gasteiger charge is -2.36. The van der Waals surface area contributed by atoms with Gasteiger partial charge in [-0.3, -0.25) is 4.90 Å². The molecule has 0 amide bonds. The maximum Gasteiger partial charge on any atom is 0.170 e. The Morgan fingerprint density at radius 1 is 0.750 bits per heavy atom. The first-order valence-electron chi connectivity index (χ1n) is 11.7. The topological polar surface area (TPSA) is 33.7 Å². The number of hydrogen-bond acceptors (Lipinski definition) is 4. The molecule has 4 heteroatoms. The molecule has 1 fully saturated rings. The van der Waals surface area contributed by atoms with Crippen LogP contribution in [0.15, 0.2) is 78.9 Å². The maximum atomic E-state index is 6.33. The second kappa shape index (κ2) is 11.2. The molecule has 4 nitrogen and oxygen atoms in total. The van der Waals surface area contributed by atoms with E-state index in [1.165, 1.54) is 12.0 Å². The van der Waals surface area contributed by atoms with Crippen LogP contribution in [0.25, 0.3) is 0 Å². The summed E-state index contributed by atoms with van der Waals surface area (Å²) in [6, 6.07) is 26.6. The number of piperazine rings is 1. The fourth-order valence-corrected chi connectivity index (χ4v) is 4.17. The first-order chi connectivity index (χ1) is 15.7. The summed E-state index contributed by atoms with van der Waals surface area (Å²) < 4.78 is 12.5. The molecule has 0 aliphatic carbocycles. The second-order valence-corrected chi connectivity index (χ2v) is 8.81. The third-order valence-corrected chi connectivity index (χ3v) is 5.90. The third kappa shape index (κ3) is 6.12. The Labute approximate surface area is 192 Å². The number of nitrogens with zero attached hydrogens (tertiary/aromatic N) is 1. The minimum absolute atomic E-state index is 0.378. The molecule has 1 heterocycles. The number of benzene rings is 3. The van der Waals surface area contributed by atoms with E-state index in [9.17, 15) is 0 Å². The molecule has 1 aliphatic heterocycles. The second-order valence-electron chi connectivity index (χ2n) is 8.81. The van der Waals surface area contributed by atoms with E-state index >= 15 is 0 Å². The average molecular weight is 431 g/mol. The summed E-state index contributed by atoms with van der Waals surface area (Å²) in [4.78, 5) is 2.61. The Bertz CT molecular complexity index is 954. The fourth-order valence-electron chi connectivity index (χ4n) is 4.17. The average Bonchev–Trinajstić information content (AvgIpc) is 2.82. The van der Waals surface area contributed by atoms with Crippen molar-refractivity contribution in [2.45, 2.75) is 32.7 Å². The minimum atomic E-state index is 0.378.